The summed E-state index contributed by atoms with van der Waals surface area (Å²) >= 11 is 0. The Morgan fingerprint density at radius 3 is 2.66 bits per heavy atom. The Morgan fingerprint density at radius 2 is 1.97 bits per heavy atom. The first kappa shape index (κ1) is 19.5. The van der Waals surface area contributed by atoms with Crippen LogP contribution in [0.25, 0.3) is 0 Å². The van der Waals surface area contributed by atoms with Crippen LogP contribution < -0.4 is 5.32 Å². The summed E-state index contributed by atoms with van der Waals surface area (Å²) in [6, 6.07) is 8.11. The van der Waals surface area contributed by atoms with Crippen LogP contribution in [0.2, 0.25) is 0 Å². The van der Waals surface area contributed by atoms with Gasteiger partial charge in [-0.2, -0.15) is 4.31 Å². The Labute approximate surface area is 167 Å². The summed E-state index contributed by atoms with van der Waals surface area (Å²) < 4.78 is 56.8. The Morgan fingerprint density at radius 1 is 1.14 bits per heavy atom. The fourth-order valence-corrected chi connectivity index (χ4v) is 4.96. The molecule has 0 radical (unpaired) electrons. The van der Waals surface area contributed by atoms with Gasteiger partial charge in [-0.15, -0.1) is 0 Å². The van der Waals surface area contributed by atoms with Crippen molar-refractivity contribution in [1.29, 1.82) is 0 Å². The van der Waals surface area contributed by atoms with Crippen LogP contribution in [0.15, 0.2) is 60.1 Å². The zero-order valence-electron chi connectivity index (χ0n) is 15.5. The molecule has 3 heterocycles. The zero-order valence-corrected chi connectivity index (χ0v) is 16.4. The van der Waals surface area contributed by atoms with Gasteiger partial charge in [0.2, 0.25) is 0 Å². The van der Waals surface area contributed by atoms with Crippen LogP contribution in [-0.2, 0) is 17.1 Å². The maximum atomic E-state index is 14.4. The molecule has 3 aromatic rings. The molecular formula is C19H19F2N5O2S. The lowest BCUT2D eigenvalue weighted by molar-refractivity contribution is 0.466. The van der Waals surface area contributed by atoms with E-state index in [1.54, 1.807) is 23.7 Å². The average Bonchev–Trinajstić information content (AvgIpc) is 3.30. The van der Waals surface area contributed by atoms with Crippen LogP contribution in [0.3, 0.4) is 0 Å². The molecule has 0 saturated carbocycles. The monoisotopic (exact) mass is 419 g/mol. The van der Waals surface area contributed by atoms with Gasteiger partial charge in [-0.3, -0.25) is 4.98 Å². The maximum absolute atomic E-state index is 14.4. The fraction of sp³-hybridized carbons (Fsp3) is 0.263. The van der Waals surface area contributed by atoms with E-state index in [4.69, 9.17) is 0 Å². The Hall–Kier alpha value is -2.85. The number of hydrogen-bond donors (Lipinski definition) is 1. The third kappa shape index (κ3) is 3.85. The highest BCUT2D eigenvalue weighted by molar-refractivity contribution is 7.89. The molecule has 2 atom stereocenters. The predicted octanol–water partition coefficient (Wildman–Crippen LogP) is 2.36. The van der Waals surface area contributed by atoms with E-state index in [0.29, 0.717) is 5.69 Å². The van der Waals surface area contributed by atoms with Crippen molar-refractivity contribution in [3.63, 3.8) is 0 Å². The molecule has 1 N–H and O–H groups in total. The van der Waals surface area contributed by atoms with Gasteiger partial charge in [-0.05, 0) is 30.3 Å². The molecular weight excluding hydrogens is 400 g/mol. The van der Waals surface area contributed by atoms with Gasteiger partial charge in [0.25, 0.3) is 10.0 Å². The molecule has 0 aliphatic carbocycles. The van der Waals surface area contributed by atoms with Crippen LogP contribution in [-0.4, -0.2) is 46.4 Å². The molecule has 0 bridgehead atoms. The summed E-state index contributed by atoms with van der Waals surface area (Å²) in [5.41, 5.74) is 0.647. The second kappa shape index (κ2) is 7.53. The van der Waals surface area contributed by atoms with Gasteiger partial charge in [0.05, 0.1) is 12.0 Å². The fourth-order valence-electron chi connectivity index (χ4n) is 3.50. The van der Waals surface area contributed by atoms with Gasteiger partial charge < -0.3 is 9.88 Å². The SMILES string of the molecule is Cn1cnc(S(=O)(=O)N2CC(Nc3cccc(F)c3)C(c3ncccc3F)C2)c1. The zero-order chi connectivity index (χ0) is 20.6. The smallest absolute Gasteiger partial charge is 0.262 e. The lowest BCUT2D eigenvalue weighted by Gasteiger charge is -2.21. The quantitative estimate of drug-likeness (QED) is 0.687. The second-order valence-corrected chi connectivity index (χ2v) is 8.82. The van der Waals surface area contributed by atoms with Crippen molar-refractivity contribution in [2.75, 3.05) is 18.4 Å². The molecule has 1 aliphatic rings. The van der Waals surface area contributed by atoms with E-state index in [9.17, 15) is 17.2 Å². The third-order valence-corrected chi connectivity index (χ3v) is 6.60. The van der Waals surface area contributed by atoms with Gasteiger partial charge in [0.15, 0.2) is 5.03 Å². The summed E-state index contributed by atoms with van der Waals surface area (Å²) in [4.78, 5) is 8.07. The van der Waals surface area contributed by atoms with E-state index < -0.39 is 33.6 Å². The number of hydrogen-bond acceptors (Lipinski definition) is 5. The molecule has 1 saturated heterocycles. The highest BCUT2D eigenvalue weighted by Crippen LogP contribution is 2.33. The number of nitrogens with zero attached hydrogens (tertiary/aromatic N) is 4. The lowest BCUT2D eigenvalue weighted by Crippen LogP contribution is -2.32. The highest BCUT2D eigenvalue weighted by atomic mass is 32.2. The summed E-state index contributed by atoms with van der Waals surface area (Å²) in [7, 11) is -2.19. The normalized spacial score (nSPS) is 20.1. The van der Waals surface area contributed by atoms with Gasteiger partial charge in [0, 0.05) is 50.2 Å². The van der Waals surface area contributed by atoms with Gasteiger partial charge in [-0.1, -0.05) is 6.07 Å². The van der Waals surface area contributed by atoms with Crippen LogP contribution in [0.4, 0.5) is 14.5 Å². The number of rotatable bonds is 5. The van der Waals surface area contributed by atoms with Gasteiger partial charge in [-0.25, -0.2) is 22.2 Å². The molecule has 152 valence electrons. The first-order chi connectivity index (χ1) is 13.8. The van der Waals surface area contributed by atoms with Crippen molar-refractivity contribution < 1.29 is 17.2 Å². The molecule has 29 heavy (non-hydrogen) atoms. The number of pyridine rings is 1. The summed E-state index contributed by atoms with van der Waals surface area (Å²) in [6.07, 6.45) is 4.29. The van der Waals surface area contributed by atoms with Crippen molar-refractivity contribution in [3.05, 3.63) is 72.4 Å². The summed E-state index contributed by atoms with van der Waals surface area (Å²) in [5.74, 6) is -1.50. The summed E-state index contributed by atoms with van der Waals surface area (Å²) in [5, 5.41) is 3.06. The summed E-state index contributed by atoms with van der Waals surface area (Å²) in [6.45, 7) is 0.0932. The van der Waals surface area contributed by atoms with Gasteiger partial charge in [0.1, 0.15) is 11.6 Å². The van der Waals surface area contributed by atoms with Crippen LogP contribution >= 0.6 is 0 Å². The largest absolute Gasteiger partial charge is 0.380 e. The topological polar surface area (TPSA) is 80.1 Å². The minimum atomic E-state index is -3.87. The van der Waals surface area contributed by atoms with E-state index >= 15 is 0 Å². The molecule has 1 aliphatic heterocycles. The lowest BCUT2D eigenvalue weighted by atomic mass is 9.98. The van der Waals surface area contributed by atoms with E-state index in [0.717, 1.165) is 0 Å². The Balaban J connectivity index is 1.68. The maximum Gasteiger partial charge on any atom is 0.262 e. The van der Waals surface area contributed by atoms with E-state index in [1.165, 1.54) is 47.3 Å². The number of imidazole rings is 1. The van der Waals surface area contributed by atoms with Crippen LogP contribution in [0, 0.1) is 11.6 Å². The number of aryl methyl sites for hydroxylation is 1. The van der Waals surface area contributed by atoms with E-state index in [-0.39, 0.29) is 23.8 Å². The standard InChI is InChI=1S/C19H19F2N5O2S/c1-25-11-18(23-12-25)29(27,28)26-9-15(19-16(21)6-3-7-22-19)17(10-26)24-14-5-2-4-13(20)8-14/h2-8,11-12,15,17,24H,9-10H2,1H3. The molecule has 2 aromatic heterocycles. The van der Waals surface area contributed by atoms with Crippen molar-refractivity contribution in [2.45, 2.75) is 17.0 Å². The number of nitrogens with one attached hydrogen (secondary N) is 1. The average molecular weight is 419 g/mol. The minimum Gasteiger partial charge on any atom is -0.380 e. The van der Waals surface area contributed by atoms with Crippen LogP contribution in [0.5, 0.6) is 0 Å². The van der Waals surface area contributed by atoms with Crippen molar-refractivity contribution in [1.82, 2.24) is 18.8 Å². The molecule has 2 unspecified atom stereocenters. The molecule has 0 spiro atoms. The number of aromatic nitrogens is 3. The first-order valence-corrected chi connectivity index (χ1v) is 10.4. The number of anilines is 1. The highest BCUT2D eigenvalue weighted by Gasteiger charge is 2.42. The molecule has 4 rings (SSSR count). The Bertz CT molecular complexity index is 1130. The second-order valence-electron chi connectivity index (χ2n) is 6.94. The molecule has 0 amide bonds. The molecule has 10 heteroatoms. The van der Waals surface area contributed by atoms with E-state index in [2.05, 4.69) is 15.3 Å². The van der Waals surface area contributed by atoms with Crippen LogP contribution in [0.1, 0.15) is 11.6 Å². The van der Waals surface area contributed by atoms with Gasteiger partial charge >= 0.3 is 0 Å². The minimum absolute atomic E-state index is 0.0276. The van der Waals surface area contributed by atoms with Crippen molar-refractivity contribution >= 4 is 15.7 Å². The third-order valence-electron chi connectivity index (χ3n) is 4.89. The number of halogens is 2. The number of sulfonamides is 1. The van der Waals surface area contributed by atoms with E-state index in [1.807, 2.05) is 0 Å². The predicted molar refractivity (Wildman–Crippen MR) is 103 cm³/mol. The molecule has 1 fully saturated rings. The Kier molecular flexibility index (Phi) is 5.05. The van der Waals surface area contributed by atoms with Crippen molar-refractivity contribution in [3.8, 4) is 0 Å². The van der Waals surface area contributed by atoms with Crippen molar-refractivity contribution in [2.24, 2.45) is 7.05 Å². The first-order valence-electron chi connectivity index (χ1n) is 8.95. The molecule has 7 nitrogen and oxygen atoms in total. The number of benzene rings is 1. The molecule has 1 aromatic carbocycles.